The third kappa shape index (κ3) is 2.87. The van der Waals surface area contributed by atoms with Crippen LogP contribution in [0.15, 0.2) is 18.2 Å². The highest BCUT2D eigenvalue weighted by molar-refractivity contribution is 5.77. The second-order valence-electron chi connectivity index (χ2n) is 4.19. The zero-order valence-corrected chi connectivity index (χ0v) is 10.3. The summed E-state index contributed by atoms with van der Waals surface area (Å²) in [4.78, 5) is 4.18. The smallest absolute Gasteiger partial charge is 0.395 e. The highest BCUT2D eigenvalue weighted by Crippen LogP contribution is 2.31. The van der Waals surface area contributed by atoms with Crippen molar-refractivity contribution in [1.29, 1.82) is 0 Å². The summed E-state index contributed by atoms with van der Waals surface area (Å²) in [5.41, 5.74) is 0.264. The molecule has 0 spiro atoms. The molecule has 104 valence electrons. The third-order valence-corrected chi connectivity index (χ3v) is 2.87. The van der Waals surface area contributed by atoms with E-state index in [0.29, 0.717) is 29.9 Å². The Morgan fingerprint density at radius 3 is 2.74 bits per heavy atom. The van der Waals surface area contributed by atoms with Crippen LogP contribution in [0.1, 0.15) is 11.4 Å². The minimum absolute atomic E-state index is 0.00215. The van der Waals surface area contributed by atoms with E-state index in [1.807, 2.05) is 0 Å². The number of halogens is 3. The highest BCUT2D eigenvalue weighted by Gasteiger charge is 2.30. The van der Waals surface area contributed by atoms with Crippen molar-refractivity contribution in [3.63, 3.8) is 0 Å². The van der Waals surface area contributed by atoms with Crippen molar-refractivity contribution in [1.82, 2.24) is 14.9 Å². The van der Waals surface area contributed by atoms with E-state index < -0.39 is 11.7 Å². The van der Waals surface area contributed by atoms with Gasteiger partial charge in [-0.2, -0.15) is 13.2 Å². The summed E-state index contributed by atoms with van der Waals surface area (Å²) in [6.07, 6.45) is -4.36. The first kappa shape index (κ1) is 13.8. The molecule has 0 amide bonds. The van der Waals surface area contributed by atoms with Gasteiger partial charge in [-0.25, -0.2) is 4.98 Å². The topological polar surface area (TPSA) is 50.1 Å². The second-order valence-corrected chi connectivity index (χ2v) is 4.19. The van der Waals surface area contributed by atoms with Gasteiger partial charge in [-0.3, -0.25) is 0 Å². The van der Waals surface area contributed by atoms with E-state index in [4.69, 9.17) is 5.11 Å². The van der Waals surface area contributed by atoms with Crippen LogP contribution in [0.5, 0.6) is 0 Å². The standard InChI is InChI=1S/C12H14F3N3O/c1-18-10-3-2-8(12(13,14)15)6-9(10)17-11(18)7-16-4-5-19/h2-3,6,16,19H,4-5,7H2,1H3. The number of aryl methyl sites for hydroxylation is 1. The number of alkyl halides is 3. The van der Waals surface area contributed by atoms with Gasteiger partial charge in [-0.05, 0) is 18.2 Å². The van der Waals surface area contributed by atoms with Crippen LogP contribution in [0.25, 0.3) is 11.0 Å². The highest BCUT2D eigenvalue weighted by atomic mass is 19.4. The molecular weight excluding hydrogens is 259 g/mol. The van der Waals surface area contributed by atoms with Gasteiger partial charge in [0.05, 0.1) is 29.7 Å². The van der Waals surface area contributed by atoms with E-state index >= 15 is 0 Å². The Morgan fingerprint density at radius 1 is 1.37 bits per heavy atom. The molecule has 4 nitrogen and oxygen atoms in total. The number of rotatable bonds is 4. The van der Waals surface area contributed by atoms with E-state index in [0.717, 1.165) is 12.1 Å². The molecule has 0 aliphatic carbocycles. The normalized spacial score (nSPS) is 12.3. The lowest BCUT2D eigenvalue weighted by atomic mass is 10.2. The number of hydrogen-bond acceptors (Lipinski definition) is 3. The number of aliphatic hydroxyl groups excluding tert-OH is 1. The predicted octanol–water partition coefficient (Wildman–Crippen LogP) is 1.67. The van der Waals surface area contributed by atoms with Crippen molar-refractivity contribution in [3.8, 4) is 0 Å². The SMILES string of the molecule is Cn1c(CNCCO)nc2cc(C(F)(F)F)ccc21. The molecule has 1 heterocycles. The zero-order chi connectivity index (χ0) is 14.0. The molecule has 0 unspecified atom stereocenters. The summed E-state index contributed by atoms with van der Waals surface area (Å²) >= 11 is 0. The maximum atomic E-state index is 12.6. The minimum Gasteiger partial charge on any atom is -0.395 e. The van der Waals surface area contributed by atoms with Gasteiger partial charge in [0.25, 0.3) is 0 Å². The van der Waals surface area contributed by atoms with E-state index in [1.165, 1.54) is 6.07 Å². The fourth-order valence-corrected chi connectivity index (χ4v) is 1.86. The molecule has 0 bridgehead atoms. The third-order valence-electron chi connectivity index (χ3n) is 2.87. The summed E-state index contributed by atoms with van der Waals surface area (Å²) in [6.45, 7) is 0.812. The van der Waals surface area contributed by atoms with Gasteiger partial charge in [0.15, 0.2) is 0 Å². The first-order chi connectivity index (χ1) is 8.93. The number of hydrogen-bond donors (Lipinski definition) is 2. The summed E-state index contributed by atoms with van der Waals surface area (Å²) in [5, 5.41) is 11.6. The Kier molecular flexibility index (Phi) is 3.77. The lowest BCUT2D eigenvalue weighted by molar-refractivity contribution is -0.137. The van der Waals surface area contributed by atoms with E-state index in [1.54, 1.807) is 11.6 Å². The van der Waals surface area contributed by atoms with Crippen molar-refractivity contribution in [2.24, 2.45) is 7.05 Å². The molecule has 0 radical (unpaired) electrons. The number of nitrogens with one attached hydrogen (secondary N) is 1. The lowest BCUT2D eigenvalue weighted by Crippen LogP contribution is -2.19. The van der Waals surface area contributed by atoms with Crippen LogP contribution in [0, 0.1) is 0 Å². The van der Waals surface area contributed by atoms with Crippen LogP contribution in [-0.4, -0.2) is 27.8 Å². The van der Waals surface area contributed by atoms with Crippen molar-refractivity contribution in [2.45, 2.75) is 12.7 Å². The number of fused-ring (bicyclic) bond motifs is 1. The van der Waals surface area contributed by atoms with E-state index in [-0.39, 0.29) is 6.61 Å². The number of imidazole rings is 1. The summed E-state index contributed by atoms with van der Waals surface area (Å²) in [5.74, 6) is 0.628. The predicted molar refractivity (Wildman–Crippen MR) is 64.5 cm³/mol. The molecule has 1 aromatic heterocycles. The monoisotopic (exact) mass is 273 g/mol. The van der Waals surface area contributed by atoms with Crippen LogP contribution in [-0.2, 0) is 19.8 Å². The Morgan fingerprint density at radius 2 is 2.11 bits per heavy atom. The molecule has 0 saturated heterocycles. The van der Waals surface area contributed by atoms with E-state index in [9.17, 15) is 13.2 Å². The summed E-state index contributed by atoms with van der Waals surface area (Å²) in [7, 11) is 1.75. The molecule has 2 rings (SSSR count). The summed E-state index contributed by atoms with van der Waals surface area (Å²) in [6, 6.07) is 3.51. The van der Waals surface area contributed by atoms with Crippen molar-refractivity contribution in [2.75, 3.05) is 13.2 Å². The number of nitrogens with zero attached hydrogens (tertiary/aromatic N) is 2. The molecule has 0 fully saturated rings. The molecule has 0 aliphatic rings. The minimum atomic E-state index is -4.36. The maximum Gasteiger partial charge on any atom is 0.416 e. The maximum absolute atomic E-state index is 12.6. The Bertz CT molecular complexity index is 577. The molecule has 0 aliphatic heterocycles. The quantitative estimate of drug-likeness (QED) is 0.833. The van der Waals surface area contributed by atoms with Crippen molar-refractivity contribution >= 4 is 11.0 Å². The Balaban J connectivity index is 2.34. The molecule has 0 saturated carbocycles. The molecule has 7 heteroatoms. The van der Waals surface area contributed by atoms with Gasteiger partial charge in [0.2, 0.25) is 0 Å². The van der Waals surface area contributed by atoms with Gasteiger partial charge in [-0.15, -0.1) is 0 Å². The molecule has 0 atom stereocenters. The number of aromatic nitrogens is 2. The van der Waals surface area contributed by atoms with Crippen LogP contribution in [0.2, 0.25) is 0 Å². The fraction of sp³-hybridized carbons (Fsp3) is 0.417. The van der Waals surface area contributed by atoms with E-state index in [2.05, 4.69) is 10.3 Å². The lowest BCUT2D eigenvalue weighted by Gasteiger charge is -2.06. The average molecular weight is 273 g/mol. The van der Waals surface area contributed by atoms with Crippen molar-refractivity contribution < 1.29 is 18.3 Å². The number of aliphatic hydroxyl groups is 1. The van der Waals surface area contributed by atoms with Gasteiger partial charge in [0.1, 0.15) is 5.82 Å². The summed E-state index contributed by atoms with van der Waals surface area (Å²) < 4.78 is 39.5. The molecular formula is C12H14F3N3O. The largest absolute Gasteiger partial charge is 0.416 e. The average Bonchev–Trinajstić information content (AvgIpc) is 2.65. The van der Waals surface area contributed by atoms with Gasteiger partial charge >= 0.3 is 6.18 Å². The van der Waals surface area contributed by atoms with Gasteiger partial charge in [-0.1, -0.05) is 0 Å². The van der Waals surface area contributed by atoms with Crippen molar-refractivity contribution in [3.05, 3.63) is 29.6 Å². The Hall–Kier alpha value is -1.60. The zero-order valence-electron chi connectivity index (χ0n) is 10.3. The van der Waals surface area contributed by atoms with Gasteiger partial charge in [0, 0.05) is 13.6 Å². The Labute approximate surface area is 107 Å². The number of benzene rings is 1. The fourth-order valence-electron chi connectivity index (χ4n) is 1.86. The molecule has 2 aromatic rings. The first-order valence-electron chi connectivity index (χ1n) is 5.77. The first-order valence-corrected chi connectivity index (χ1v) is 5.77. The van der Waals surface area contributed by atoms with Gasteiger partial charge < -0.3 is 15.0 Å². The molecule has 1 aromatic carbocycles. The van der Waals surface area contributed by atoms with Crippen LogP contribution in [0.4, 0.5) is 13.2 Å². The van der Waals surface area contributed by atoms with Crippen LogP contribution < -0.4 is 5.32 Å². The molecule has 19 heavy (non-hydrogen) atoms. The van der Waals surface area contributed by atoms with Crippen LogP contribution in [0.3, 0.4) is 0 Å². The van der Waals surface area contributed by atoms with Crippen LogP contribution >= 0.6 is 0 Å². The molecule has 2 N–H and O–H groups in total. The second kappa shape index (κ2) is 5.18.